The van der Waals surface area contributed by atoms with Gasteiger partial charge in [-0.05, 0) is 80.5 Å². The molecule has 0 radical (unpaired) electrons. The first-order chi connectivity index (χ1) is 14.1. The number of Topliss-reactive ketones (excluding diaryl/α,β-unsaturated/α-hetero) is 1. The van der Waals surface area contributed by atoms with Crippen molar-refractivity contribution in [3.8, 4) is 11.5 Å². The minimum Gasteiger partial charge on any atom is -0.456 e. The Balaban J connectivity index is 1.26. The number of esters is 1. The average Bonchev–Trinajstić information content (AvgIpc) is 2.72. The normalized spacial score (nSPS) is 29.4. The molecule has 4 aliphatic carbocycles. The molecule has 0 heterocycles. The van der Waals surface area contributed by atoms with E-state index in [4.69, 9.17) is 9.47 Å². The summed E-state index contributed by atoms with van der Waals surface area (Å²) in [7, 11) is 0. The second kappa shape index (κ2) is 7.33. The monoisotopic (exact) mass is 390 g/mol. The van der Waals surface area contributed by atoms with Crippen molar-refractivity contribution < 1.29 is 19.1 Å². The second-order valence-electron chi connectivity index (χ2n) is 9.11. The molecular weight excluding hydrogens is 364 g/mol. The summed E-state index contributed by atoms with van der Waals surface area (Å²) in [5.74, 6) is 2.78. The lowest BCUT2D eigenvalue weighted by Crippen LogP contribution is -2.51. The van der Waals surface area contributed by atoms with Gasteiger partial charge in [0.1, 0.15) is 17.1 Å². The van der Waals surface area contributed by atoms with Crippen LogP contribution in [0.3, 0.4) is 0 Å². The molecule has 4 heteroatoms. The van der Waals surface area contributed by atoms with Gasteiger partial charge in [0.25, 0.3) is 0 Å². The molecular formula is C25H26O4. The van der Waals surface area contributed by atoms with E-state index in [-0.39, 0.29) is 17.8 Å². The predicted octanol–water partition coefficient (Wildman–Crippen LogP) is 5.42. The number of ketones is 1. The van der Waals surface area contributed by atoms with Gasteiger partial charge in [-0.25, -0.2) is 4.79 Å². The van der Waals surface area contributed by atoms with E-state index in [1.807, 2.05) is 36.4 Å². The first-order valence-corrected chi connectivity index (χ1v) is 10.6. The largest absolute Gasteiger partial charge is 0.456 e. The zero-order chi connectivity index (χ0) is 19.8. The lowest BCUT2D eigenvalue weighted by atomic mass is 9.48. The van der Waals surface area contributed by atoms with Gasteiger partial charge in [-0.15, -0.1) is 0 Å². The van der Waals surface area contributed by atoms with Gasteiger partial charge in [0.15, 0.2) is 12.4 Å². The van der Waals surface area contributed by atoms with Crippen LogP contribution in [0.15, 0.2) is 54.6 Å². The minimum atomic E-state index is -0.505. The van der Waals surface area contributed by atoms with E-state index in [0.717, 1.165) is 19.3 Å². The molecule has 2 aromatic carbocycles. The molecule has 0 aliphatic heterocycles. The predicted molar refractivity (Wildman–Crippen MR) is 109 cm³/mol. The first-order valence-electron chi connectivity index (χ1n) is 10.6. The summed E-state index contributed by atoms with van der Waals surface area (Å²) in [6.07, 6.45) is 6.83. The molecule has 0 amide bonds. The second-order valence-corrected chi connectivity index (χ2v) is 9.11. The van der Waals surface area contributed by atoms with Crippen molar-refractivity contribution in [2.45, 2.75) is 38.5 Å². The van der Waals surface area contributed by atoms with Crippen molar-refractivity contribution in [1.82, 2.24) is 0 Å². The van der Waals surface area contributed by atoms with Crippen LogP contribution in [0.5, 0.6) is 11.5 Å². The fourth-order valence-corrected chi connectivity index (χ4v) is 6.15. The van der Waals surface area contributed by atoms with Gasteiger partial charge in [-0.2, -0.15) is 0 Å². The van der Waals surface area contributed by atoms with Crippen LogP contribution in [0.4, 0.5) is 0 Å². The first kappa shape index (κ1) is 18.4. The highest BCUT2D eigenvalue weighted by Gasteiger charge is 2.54. The van der Waals surface area contributed by atoms with Crippen LogP contribution in [0.25, 0.3) is 0 Å². The quantitative estimate of drug-likeness (QED) is 0.618. The van der Waals surface area contributed by atoms with E-state index in [9.17, 15) is 9.59 Å². The number of hydrogen-bond acceptors (Lipinski definition) is 4. The zero-order valence-electron chi connectivity index (χ0n) is 16.5. The Morgan fingerprint density at radius 2 is 1.41 bits per heavy atom. The third kappa shape index (κ3) is 3.57. The summed E-state index contributed by atoms with van der Waals surface area (Å²) in [4.78, 5) is 25.8. The maximum Gasteiger partial charge on any atom is 0.342 e. The van der Waals surface area contributed by atoms with Crippen LogP contribution in [-0.4, -0.2) is 18.4 Å². The van der Waals surface area contributed by atoms with E-state index < -0.39 is 5.97 Å². The maximum atomic E-state index is 13.1. The lowest BCUT2D eigenvalue weighted by molar-refractivity contribution is -0.147. The Kier molecular flexibility index (Phi) is 4.65. The van der Waals surface area contributed by atoms with Crippen LogP contribution in [0.1, 0.15) is 48.9 Å². The van der Waals surface area contributed by atoms with Crippen LogP contribution in [0.2, 0.25) is 0 Å². The summed E-state index contributed by atoms with van der Waals surface area (Å²) in [6.45, 7) is -0.134. The highest BCUT2D eigenvalue weighted by Crippen LogP contribution is 2.60. The Bertz CT molecular complexity index is 882. The fourth-order valence-electron chi connectivity index (χ4n) is 6.15. The molecule has 4 saturated carbocycles. The summed E-state index contributed by atoms with van der Waals surface area (Å²) < 4.78 is 11.3. The molecule has 0 spiro atoms. The molecule has 150 valence electrons. The SMILES string of the molecule is O=C(OCC(=O)C12CC3CC(CC(C3)C1)C2)c1ccccc1Oc1ccccc1. The molecule has 0 saturated heterocycles. The molecule has 0 atom stereocenters. The molecule has 0 N–H and O–H groups in total. The van der Waals surface area contributed by atoms with E-state index in [1.165, 1.54) is 19.3 Å². The van der Waals surface area contributed by atoms with Gasteiger partial charge in [0, 0.05) is 5.41 Å². The summed E-state index contributed by atoms with van der Waals surface area (Å²) in [5, 5.41) is 0. The number of carbonyl (C=O) groups is 2. The number of carbonyl (C=O) groups excluding carboxylic acids is 2. The Labute approximate surface area is 171 Å². The van der Waals surface area contributed by atoms with E-state index in [1.54, 1.807) is 18.2 Å². The molecule has 4 nitrogen and oxygen atoms in total. The van der Waals surface area contributed by atoms with Crippen LogP contribution >= 0.6 is 0 Å². The molecule has 0 unspecified atom stereocenters. The summed E-state index contributed by atoms with van der Waals surface area (Å²) in [6, 6.07) is 16.3. The Morgan fingerprint density at radius 3 is 2.07 bits per heavy atom. The van der Waals surface area contributed by atoms with E-state index >= 15 is 0 Å². The fraction of sp³-hybridized carbons (Fsp3) is 0.440. The lowest BCUT2D eigenvalue weighted by Gasteiger charge is -2.55. The van der Waals surface area contributed by atoms with Crippen molar-refractivity contribution in [3.05, 3.63) is 60.2 Å². The number of benzene rings is 2. The van der Waals surface area contributed by atoms with Gasteiger partial charge in [-0.1, -0.05) is 30.3 Å². The van der Waals surface area contributed by atoms with Gasteiger partial charge in [-0.3, -0.25) is 4.79 Å². The van der Waals surface area contributed by atoms with Crippen LogP contribution in [-0.2, 0) is 9.53 Å². The standard InChI is InChI=1S/C25H26O4/c26-23(25-13-17-10-18(14-25)12-19(11-17)15-25)16-28-24(27)21-8-4-5-9-22(21)29-20-6-2-1-3-7-20/h1-9,17-19H,10-16H2. The molecule has 2 aromatic rings. The summed E-state index contributed by atoms with van der Waals surface area (Å²) >= 11 is 0. The van der Waals surface area contributed by atoms with E-state index in [2.05, 4.69) is 0 Å². The van der Waals surface area contributed by atoms with Gasteiger partial charge >= 0.3 is 5.97 Å². The number of hydrogen-bond donors (Lipinski definition) is 0. The maximum absolute atomic E-state index is 13.1. The Morgan fingerprint density at radius 1 is 0.828 bits per heavy atom. The highest BCUT2D eigenvalue weighted by atomic mass is 16.5. The van der Waals surface area contributed by atoms with Gasteiger partial charge < -0.3 is 9.47 Å². The molecule has 0 aromatic heterocycles. The Hall–Kier alpha value is -2.62. The third-order valence-corrected chi connectivity index (χ3v) is 7.04. The van der Waals surface area contributed by atoms with Crippen molar-refractivity contribution >= 4 is 11.8 Å². The molecule has 6 rings (SSSR count). The molecule has 4 fully saturated rings. The van der Waals surface area contributed by atoms with Crippen LogP contribution < -0.4 is 4.74 Å². The summed E-state index contributed by atoms with van der Waals surface area (Å²) in [5.41, 5.74) is 0.101. The van der Waals surface area contributed by atoms with Gasteiger partial charge in [0.2, 0.25) is 0 Å². The topological polar surface area (TPSA) is 52.6 Å². The molecule has 4 bridgehead atoms. The van der Waals surface area contributed by atoms with E-state index in [0.29, 0.717) is 34.8 Å². The zero-order valence-corrected chi connectivity index (χ0v) is 16.5. The van der Waals surface area contributed by atoms with Crippen LogP contribution in [0, 0.1) is 23.2 Å². The van der Waals surface area contributed by atoms with Crippen molar-refractivity contribution in [2.24, 2.45) is 23.2 Å². The highest BCUT2D eigenvalue weighted by molar-refractivity contribution is 5.95. The number of ether oxygens (including phenoxy) is 2. The van der Waals surface area contributed by atoms with Crippen molar-refractivity contribution in [3.63, 3.8) is 0 Å². The molecule has 4 aliphatic rings. The average molecular weight is 390 g/mol. The third-order valence-electron chi connectivity index (χ3n) is 7.04. The van der Waals surface area contributed by atoms with Crippen molar-refractivity contribution in [2.75, 3.05) is 6.61 Å². The van der Waals surface area contributed by atoms with Crippen molar-refractivity contribution in [1.29, 1.82) is 0 Å². The molecule has 29 heavy (non-hydrogen) atoms. The number of para-hydroxylation sites is 2. The van der Waals surface area contributed by atoms with Gasteiger partial charge in [0.05, 0.1) is 0 Å². The smallest absolute Gasteiger partial charge is 0.342 e. The number of rotatable bonds is 6. The minimum absolute atomic E-state index is 0.117.